The largest absolute Gasteiger partial charge is 0.368 e. The number of amides is 2. The molecule has 0 radical (unpaired) electrons. The van der Waals surface area contributed by atoms with Gasteiger partial charge in [-0.25, -0.2) is 0 Å². The van der Waals surface area contributed by atoms with Crippen LogP contribution in [0.4, 0.5) is 8.78 Å². The molecule has 1 aliphatic rings. The zero-order valence-corrected chi connectivity index (χ0v) is 7.58. The lowest BCUT2D eigenvalue weighted by Gasteiger charge is -2.33. The molecule has 0 aromatic carbocycles. The van der Waals surface area contributed by atoms with Crippen LogP contribution in [0.25, 0.3) is 0 Å². The van der Waals surface area contributed by atoms with Gasteiger partial charge in [0.25, 0.3) is 5.91 Å². The van der Waals surface area contributed by atoms with Crippen LogP contribution in [0, 0.1) is 0 Å². The van der Waals surface area contributed by atoms with Crippen LogP contribution in [0.5, 0.6) is 0 Å². The molecule has 4 nitrogen and oxygen atoms in total. The molecule has 2 amide bonds. The molecule has 0 aliphatic carbocycles. The van der Waals surface area contributed by atoms with Crippen molar-refractivity contribution in [3.05, 3.63) is 0 Å². The topological polar surface area (TPSA) is 63.4 Å². The Balaban J connectivity index is 2.72. The quantitative estimate of drug-likeness (QED) is 0.697. The minimum atomic E-state index is -3.06. The smallest absolute Gasteiger partial charge is 0.315 e. The van der Waals surface area contributed by atoms with Crippen molar-refractivity contribution in [1.82, 2.24) is 4.90 Å². The molecule has 6 heteroatoms. The standard InChI is InChI=1S/C8H12F2N2O2/c9-6(10)8(14)12-4-2-1-3-5(12)7(11)13/h5-6H,1-4H2,(H2,11,13). The van der Waals surface area contributed by atoms with E-state index in [1.54, 1.807) is 0 Å². The summed E-state index contributed by atoms with van der Waals surface area (Å²) >= 11 is 0. The van der Waals surface area contributed by atoms with E-state index in [1.807, 2.05) is 0 Å². The van der Waals surface area contributed by atoms with E-state index >= 15 is 0 Å². The lowest BCUT2D eigenvalue weighted by molar-refractivity contribution is -0.150. The molecule has 2 N–H and O–H groups in total. The predicted octanol–water partition coefficient (Wildman–Crippen LogP) is 0.118. The van der Waals surface area contributed by atoms with Gasteiger partial charge in [0.2, 0.25) is 5.91 Å². The van der Waals surface area contributed by atoms with Gasteiger partial charge < -0.3 is 10.6 Å². The van der Waals surface area contributed by atoms with E-state index in [0.29, 0.717) is 12.8 Å². The van der Waals surface area contributed by atoms with Crippen LogP contribution in [-0.2, 0) is 9.59 Å². The minimum absolute atomic E-state index is 0.191. The number of carbonyl (C=O) groups excluding carboxylic acids is 2. The first-order valence-corrected chi connectivity index (χ1v) is 4.42. The van der Waals surface area contributed by atoms with Crippen LogP contribution in [0.3, 0.4) is 0 Å². The van der Waals surface area contributed by atoms with E-state index in [9.17, 15) is 18.4 Å². The number of hydrogen-bond donors (Lipinski definition) is 1. The molecule has 0 bridgehead atoms. The van der Waals surface area contributed by atoms with E-state index in [0.717, 1.165) is 11.3 Å². The molecule has 1 heterocycles. The number of hydrogen-bond acceptors (Lipinski definition) is 2. The van der Waals surface area contributed by atoms with Gasteiger partial charge in [0, 0.05) is 6.54 Å². The summed E-state index contributed by atoms with van der Waals surface area (Å²) in [6, 6.07) is -0.856. The number of primary amides is 1. The number of piperidine rings is 1. The summed E-state index contributed by atoms with van der Waals surface area (Å²) in [6.45, 7) is 0.191. The molecular weight excluding hydrogens is 194 g/mol. The molecule has 1 fully saturated rings. The Morgan fingerprint density at radius 3 is 2.50 bits per heavy atom. The first-order chi connectivity index (χ1) is 6.54. The lowest BCUT2D eigenvalue weighted by atomic mass is 10.0. The van der Waals surface area contributed by atoms with Gasteiger partial charge in [0.1, 0.15) is 6.04 Å². The highest BCUT2D eigenvalue weighted by Gasteiger charge is 2.34. The summed E-state index contributed by atoms with van der Waals surface area (Å²) in [5, 5.41) is 0. The first-order valence-electron chi connectivity index (χ1n) is 4.42. The summed E-state index contributed by atoms with van der Waals surface area (Å²) in [6.07, 6.45) is -1.30. The Morgan fingerprint density at radius 2 is 2.00 bits per heavy atom. The zero-order valence-electron chi connectivity index (χ0n) is 7.58. The third kappa shape index (κ3) is 2.18. The Labute approximate surface area is 80.0 Å². The molecule has 14 heavy (non-hydrogen) atoms. The van der Waals surface area contributed by atoms with Crippen molar-refractivity contribution >= 4 is 11.8 Å². The number of nitrogens with two attached hydrogens (primary N) is 1. The third-order valence-electron chi connectivity index (χ3n) is 2.30. The molecule has 0 saturated carbocycles. The van der Waals surface area contributed by atoms with Gasteiger partial charge in [-0.2, -0.15) is 8.78 Å². The monoisotopic (exact) mass is 206 g/mol. The second-order valence-electron chi connectivity index (χ2n) is 3.25. The molecule has 0 spiro atoms. The van der Waals surface area contributed by atoms with Crippen molar-refractivity contribution in [3.63, 3.8) is 0 Å². The Morgan fingerprint density at radius 1 is 1.36 bits per heavy atom. The Kier molecular flexibility index (Phi) is 3.38. The number of alkyl halides is 2. The fraction of sp³-hybridized carbons (Fsp3) is 0.750. The highest BCUT2D eigenvalue weighted by molar-refractivity contribution is 5.88. The van der Waals surface area contributed by atoms with E-state index in [4.69, 9.17) is 5.73 Å². The highest BCUT2D eigenvalue weighted by atomic mass is 19.3. The third-order valence-corrected chi connectivity index (χ3v) is 2.30. The van der Waals surface area contributed by atoms with Crippen LogP contribution in [0.2, 0.25) is 0 Å². The lowest BCUT2D eigenvalue weighted by Crippen LogP contribution is -2.52. The van der Waals surface area contributed by atoms with Crippen LogP contribution < -0.4 is 5.73 Å². The Hall–Kier alpha value is -1.20. The van der Waals surface area contributed by atoms with Gasteiger partial charge in [0.15, 0.2) is 0 Å². The van der Waals surface area contributed by atoms with Gasteiger partial charge in [-0.05, 0) is 19.3 Å². The minimum Gasteiger partial charge on any atom is -0.368 e. The maximum Gasteiger partial charge on any atom is 0.315 e. The molecule has 1 rings (SSSR count). The van der Waals surface area contributed by atoms with Crippen molar-refractivity contribution in [3.8, 4) is 0 Å². The van der Waals surface area contributed by atoms with Crippen molar-refractivity contribution in [2.24, 2.45) is 5.73 Å². The van der Waals surface area contributed by atoms with Gasteiger partial charge in [-0.1, -0.05) is 0 Å². The van der Waals surface area contributed by atoms with Crippen molar-refractivity contribution in [1.29, 1.82) is 0 Å². The first kappa shape index (κ1) is 10.9. The molecule has 1 atom stereocenters. The molecule has 0 aromatic rings. The van der Waals surface area contributed by atoms with Crippen molar-refractivity contribution in [2.45, 2.75) is 31.7 Å². The SMILES string of the molecule is NC(=O)C1CCCCN1C(=O)C(F)F. The summed E-state index contributed by atoms with van der Waals surface area (Å²) in [7, 11) is 0. The van der Waals surface area contributed by atoms with Gasteiger partial charge in [-0.3, -0.25) is 9.59 Å². The van der Waals surface area contributed by atoms with Crippen molar-refractivity contribution in [2.75, 3.05) is 6.54 Å². The average Bonchev–Trinajstić information content (AvgIpc) is 2.16. The molecule has 80 valence electrons. The molecule has 1 unspecified atom stereocenters. The average molecular weight is 206 g/mol. The maximum atomic E-state index is 12.1. The van der Waals surface area contributed by atoms with Gasteiger partial charge in [0.05, 0.1) is 0 Å². The maximum absolute atomic E-state index is 12.1. The molecular formula is C8H12F2N2O2. The summed E-state index contributed by atoms with van der Waals surface area (Å²) in [4.78, 5) is 22.7. The van der Waals surface area contributed by atoms with E-state index in [-0.39, 0.29) is 6.54 Å². The van der Waals surface area contributed by atoms with Gasteiger partial charge >= 0.3 is 6.43 Å². The van der Waals surface area contributed by atoms with Crippen LogP contribution in [-0.4, -0.2) is 35.7 Å². The molecule has 1 aliphatic heterocycles. The number of rotatable bonds is 2. The number of nitrogens with zero attached hydrogens (tertiary/aromatic N) is 1. The van der Waals surface area contributed by atoms with Crippen molar-refractivity contribution < 1.29 is 18.4 Å². The van der Waals surface area contributed by atoms with E-state index < -0.39 is 24.3 Å². The second kappa shape index (κ2) is 4.34. The molecule has 0 aromatic heterocycles. The predicted molar refractivity (Wildman–Crippen MR) is 44.6 cm³/mol. The fourth-order valence-corrected chi connectivity index (χ4v) is 1.62. The van der Waals surface area contributed by atoms with Crippen LogP contribution in [0.1, 0.15) is 19.3 Å². The zero-order chi connectivity index (χ0) is 10.7. The normalized spacial score (nSPS) is 22.5. The number of halogens is 2. The fourth-order valence-electron chi connectivity index (χ4n) is 1.62. The summed E-state index contributed by atoms with van der Waals surface area (Å²) < 4.78 is 24.2. The van der Waals surface area contributed by atoms with E-state index in [1.165, 1.54) is 0 Å². The summed E-state index contributed by atoms with van der Waals surface area (Å²) in [5.74, 6) is -2.01. The summed E-state index contributed by atoms with van der Waals surface area (Å²) in [5.41, 5.74) is 5.02. The van der Waals surface area contributed by atoms with Crippen LogP contribution in [0.15, 0.2) is 0 Å². The molecule has 1 saturated heterocycles. The highest BCUT2D eigenvalue weighted by Crippen LogP contribution is 2.18. The van der Waals surface area contributed by atoms with Crippen LogP contribution >= 0.6 is 0 Å². The number of carbonyl (C=O) groups is 2. The Bertz CT molecular complexity index is 245. The van der Waals surface area contributed by atoms with Gasteiger partial charge in [-0.15, -0.1) is 0 Å². The second-order valence-corrected chi connectivity index (χ2v) is 3.25. The van der Waals surface area contributed by atoms with E-state index in [2.05, 4.69) is 0 Å². The number of likely N-dealkylation sites (tertiary alicyclic amines) is 1.